The molecule has 0 radical (unpaired) electrons. The molecular formula is C19H31N3O3. The van der Waals surface area contributed by atoms with Gasteiger partial charge < -0.3 is 24.4 Å². The van der Waals surface area contributed by atoms with Crippen molar-refractivity contribution in [3.8, 4) is 11.5 Å². The summed E-state index contributed by atoms with van der Waals surface area (Å²) in [6.07, 6.45) is 2.65. The van der Waals surface area contributed by atoms with Crippen LogP contribution in [0.3, 0.4) is 0 Å². The maximum Gasteiger partial charge on any atom is 0.193 e. The number of ether oxygens (including phenoxy) is 3. The van der Waals surface area contributed by atoms with Gasteiger partial charge in [0, 0.05) is 32.8 Å². The first-order chi connectivity index (χ1) is 12.2. The molecule has 1 saturated carbocycles. The van der Waals surface area contributed by atoms with Gasteiger partial charge in [0.25, 0.3) is 0 Å². The summed E-state index contributed by atoms with van der Waals surface area (Å²) in [6.45, 7) is 6.48. The second-order valence-corrected chi connectivity index (χ2v) is 6.20. The lowest BCUT2D eigenvalue weighted by atomic mass is 10.3. The summed E-state index contributed by atoms with van der Waals surface area (Å²) in [5.41, 5.74) is 0. The molecule has 1 aromatic carbocycles. The van der Waals surface area contributed by atoms with E-state index in [4.69, 9.17) is 14.2 Å². The third-order valence-corrected chi connectivity index (χ3v) is 3.98. The van der Waals surface area contributed by atoms with E-state index in [-0.39, 0.29) is 0 Å². The van der Waals surface area contributed by atoms with Gasteiger partial charge in [0.05, 0.1) is 20.3 Å². The van der Waals surface area contributed by atoms with Gasteiger partial charge in [-0.15, -0.1) is 0 Å². The Morgan fingerprint density at radius 1 is 1.28 bits per heavy atom. The highest BCUT2D eigenvalue weighted by Crippen LogP contribution is 2.28. The van der Waals surface area contributed by atoms with Crippen molar-refractivity contribution in [3.05, 3.63) is 24.3 Å². The van der Waals surface area contributed by atoms with E-state index in [2.05, 4.69) is 22.1 Å². The van der Waals surface area contributed by atoms with Crippen LogP contribution in [0.5, 0.6) is 11.5 Å². The molecule has 1 N–H and O–H groups in total. The third-order valence-electron chi connectivity index (χ3n) is 3.98. The summed E-state index contributed by atoms with van der Waals surface area (Å²) >= 11 is 0. The minimum atomic E-state index is 0.522. The van der Waals surface area contributed by atoms with Crippen LogP contribution in [0.1, 0.15) is 19.8 Å². The van der Waals surface area contributed by atoms with Gasteiger partial charge in [-0.2, -0.15) is 0 Å². The standard InChI is InChI=1S/C19H31N3O3/c1-4-20-19(22(2)11-13-24-15-16-8-9-16)21-10-12-25-18-7-5-6-17(14-18)23-3/h5-7,14,16H,4,8-13,15H2,1-3H3,(H,20,21). The number of guanidine groups is 1. The molecule has 0 unspecified atom stereocenters. The number of benzene rings is 1. The number of rotatable bonds is 11. The van der Waals surface area contributed by atoms with Gasteiger partial charge in [-0.25, -0.2) is 4.99 Å². The van der Waals surface area contributed by atoms with Gasteiger partial charge in [-0.3, -0.25) is 0 Å². The van der Waals surface area contributed by atoms with Crippen LogP contribution in [-0.4, -0.2) is 64.5 Å². The Hall–Kier alpha value is -1.95. The Kier molecular flexibility index (Phi) is 8.39. The van der Waals surface area contributed by atoms with E-state index in [1.165, 1.54) is 12.8 Å². The summed E-state index contributed by atoms with van der Waals surface area (Å²) < 4.78 is 16.6. The highest BCUT2D eigenvalue weighted by Gasteiger charge is 2.21. The van der Waals surface area contributed by atoms with Gasteiger partial charge in [0.1, 0.15) is 18.1 Å². The molecule has 2 rings (SSSR count). The first-order valence-electron chi connectivity index (χ1n) is 9.07. The predicted molar refractivity (Wildman–Crippen MR) is 101 cm³/mol. The van der Waals surface area contributed by atoms with E-state index in [0.29, 0.717) is 13.2 Å². The molecule has 25 heavy (non-hydrogen) atoms. The number of nitrogens with one attached hydrogen (secondary N) is 1. The lowest BCUT2D eigenvalue weighted by molar-refractivity contribution is 0.115. The summed E-state index contributed by atoms with van der Waals surface area (Å²) in [7, 11) is 3.68. The number of methoxy groups -OCH3 is 1. The van der Waals surface area contributed by atoms with Gasteiger partial charge in [-0.05, 0) is 37.8 Å². The molecule has 1 aromatic rings. The normalized spacial score (nSPS) is 14.3. The van der Waals surface area contributed by atoms with Crippen molar-refractivity contribution in [2.45, 2.75) is 19.8 Å². The highest BCUT2D eigenvalue weighted by molar-refractivity contribution is 5.79. The summed E-state index contributed by atoms with van der Waals surface area (Å²) in [5.74, 6) is 3.27. The zero-order chi connectivity index (χ0) is 17.9. The van der Waals surface area contributed by atoms with Crippen molar-refractivity contribution in [1.82, 2.24) is 10.2 Å². The first-order valence-corrected chi connectivity index (χ1v) is 9.07. The third kappa shape index (κ3) is 7.65. The number of hydrogen-bond donors (Lipinski definition) is 1. The number of aliphatic imine (C=N–C) groups is 1. The number of hydrogen-bond acceptors (Lipinski definition) is 4. The minimum Gasteiger partial charge on any atom is -0.497 e. The molecule has 0 heterocycles. The van der Waals surface area contributed by atoms with Crippen molar-refractivity contribution in [1.29, 1.82) is 0 Å². The second kappa shape index (κ2) is 10.8. The molecule has 1 fully saturated rings. The Morgan fingerprint density at radius 2 is 2.08 bits per heavy atom. The van der Waals surface area contributed by atoms with Crippen molar-refractivity contribution in [2.75, 3.05) is 53.6 Å². The average Bonchev–Trinajstić information content (AvgIpc) is 3.45. The smallest absolute Gasteiger partial charge is 0.193 e. The molecule has 0 aromatic heterocycles. The second-order valence-electron chi connectivity index (χ2n) is 6.20. The fraction of sp³-hybridized carbons (Fsp3) is 0.632. The van der Waals surface area contributed by atoms with Crippen LogP contribution in [0.25, 0.3) is 0 Å². The quantitative estimate of drug-likeness (QED) is 0.378. The Morgan fingerprint density at radius 3 is 2.80 bits per heavy atom. The Bertz CT molecular complexity index is 532. The Balaban J connectivity index is 1.71. The monoisotopic (exact) mass is 349 g/mol. The van der Waals surface area contributed by atoms with Crippen molar-refractivity contribution in [3.63, 3.8) is 0 Å². The lowest BCUT2D eigenvalue weighted by Crippen LogP contribution is -2.40. The molecule has 1 aliphatic rings. The molecule has 1 aliphatic carbocycles. The highest BCUT2D eigenvalue weighted by atomic mass is 16.5. The van der Waals surface area contributed by atoms with Crippen LogP contribution in [-0.2, 0) is 4.74 Å². The maximum atomic E-state index is 5.73. The topological polar surface area (TPSA) is 55.3 Å². The molecule has 0 atom stereocenters. The van der Waals surface area contributed by atoms with Crippen molar-refractivity contribution in [2.24, 2.45) is 10.9 Å². The fourth-order valence-corrected chi connectivity index (χ4v) is 2.32. The molecule has 0 aliphatic heterocycles. The van der Waals surface area contributed by atoms with Gasteiger partial charge >= 0.3 is 0 Å². The largest absolute Gasteiger partial charge is 0.497 e. The number of nitrogens with zero attached hydrogens (tertiary/aromatic N) is 2. The van der Waals surface area contributed by atoms with Crippen LogP contribution in [0, 0.1) is 5.92 Å². The predicted octanol–water partition coefficient (Wildman–Crippen LogP) is 2.40. The number of likely N-dealkylation sites (N-methyl/N-ethyl adjacent to an activating group) is 1. The molecule has 140 valence electrons. The molecule has 0 saturated heterocycles. The van der Waals surface area contributed by atoms with E-state index >= 15 is 0 Å². The van der Waals surface area contributed by atoms with E-state index in [1.54, 1.807) is 7.11 Å². The molecule has 6 heteroatoms. The van der Waals surface area contributed by atoms with E-state index in [1.807, 2.05) is 31.3 Å². The molecule has 6 nitrogen and oxygen atoms in total. The van der Waals surface area contributed by atoms with Gasteiger partial charge in [-0.1, -0.05) is 6.07 Å². The maximum absolute atomic E-state index is 5.73. The molecular weight excluding hydrogens is 318 g/mol. The van der Waals surface area contributed by atoms with E-state index in [9.17, 15) is 0 Å². The fourth-order valence-electron chi connectivity index (χ4n) is 2.32. The van der Waals surface area contributed by atoms with Crippen molar-refractivity contribution >= 4 is 5.96 Å². The molecule has 0 amide bonds. The minimum absolute atomic E-state index is 0.522. The van der Waals surface area contributed by atoms with Crippen LogP contribution in [0.4, 0.5) is 0 Å². The molecule has 0 bridgehead atoms. The molecule has 0 spiro atoms. The van der Waals surface area contributed by atoms with Crippen LogP contribution in [0.15, 0.2) is 29.3 Å². The SMILES string of the molecule is CCNC(=NCCOc1cccc(OC)c1)N(C)CCOCC1CC1. The van der Waals surface area contributed by atoms with E-state index in [0.717, 1.165) is 49.7 Å². The van der Waals surface area contributed by atoms with Gasteiger partial charge in [0.2, 0.25) is 0 Å². The lowest BCUT2D eigenvalue weighted by Gasteiger charge is -2.22. The van der Waals surface area contributed by atoms with Crippen LogP contribution in [0.2, 0.25) is 0 Å². The first kappa shape index (κ1) is 19.4. The zero-order valence-corrected chi connectivity index (χ0v) is 15.7. The van der Waals surface area contributed by atoms with Crippen molar-refractivity contribution < 1.29 is 14.2 Å². The van der Waals surface area contributed by atoms with Crippen LogP contribution >= 0.6 is 0 Å². The van der Waals surface area contributed by atoms with Gasteiger partial charge in [0.15, 0.2) is 5.96 Å². The average molecular weight is 349 g/mol. The summed E-state index contributed by atoms with van der Waals surface area (Å²) in [5, 5.41) is 3.31. The summed E-state index contributed by atoms with van der Waals surface area (Å²) in [4.78, 5) is 6.72. The van der Waals surface area contributed by atoms with Crippen LogP contribution < -0.4 is 14.8 Å². The zero-order valence-electron chi connectivity index (χ0n) is 15.7. The summed E-state index contributed by atoms with van der Waals surface area (Å²) in [6, 6.07) is 7.60. The van der Waals surface area contributed by atoms with E-state index < -0.39 is 0 Å². The Labute approximate surface area is 151 Å².